The Bertz CT molecular complexity index is 1410. The van der Waals surface area contributed by atoms with E-state index in [1.165, 1.54) is 13.0 Å². The maximum atomic E-state index is 11.1. The molecule has 19 unspecified atom stereocenters. The lowest BCUT2D eigenvalue weighted by Gasteiger charge is -2.49. The zero-order chi connectivity index (χ0) is 39.6. The molecule has 3 aliphatic heterocycles. The third kappa shape index (κ3) is 9.26. The van der Waals surface area contributed by atoms with Gasteiger partial charge in [0.05, 0.1) is 44.4 Å². The lowest BCUT2D eigenvalue weighted by atomic mass is 9.86. The number of carbonyl (C=O) groups is 1. The molecule has 3 saturated heterocycles. The van der Waals surface area contributed by atoms with Gasteiger partial charge in [0.15, 0.2) is 12.6 Å². The van der Waals surface area contributed by atoms with Crippen LogP contribution in [0.1, 0.15) is 12.5 Å². The van der Waals surface area contributed by atoms with E-state index >= 15 is 0 Å². The predicted octanol–water partition coefficient (Wildman–Crippen LogP) is -6.14. The maximum Gasteiger partial charge on any atom is 0.307 e. The molecular formula is C33H49NO19S. The molecule has 0 aromatic heterocycles. The van der Waals surface area contributed by atoms with Gasteiger partial charge in [0.1, 0.15) is 84.8 Å². The summed E-state index contributed by atoms with van der Waals surface area (Å²) >= 11 is 0.991. The average Bonchev–Trinajstić information content (AvgIpc) is 3.15. The van der Waals surface area contributed by atoms with Crippen LogP contribution in [0.5, 0.6) is 0 Å². The van der Waals surface area contributed by atoms with Crippen LogP contribution in [0.25, 0.3) is 0 Å². The highest BCUT2D eigenvalue weighted by Gasteiger charge is 2.54. The molecule has 1 aliphatic carbocycles. The number of carboxylic acid groups (broad SMARTS) is 1. The van der Waals surface area contributed by atoms with E-state index in [1.54, 1.807) is 24.3 Å². The molecule has 306 valence electrons. The molecule has 20 nitrogen and oxygen atoms in total. The third-order valence-corrected chi connectivity index (χ3v) is 11.2. The van der Waals surface area contributed by atoms with Gasteiger partial charge in [-0.15, -0.1) is 0 Å². The van der Waals surface area contributed by atoms with E-state index in [2.05, 4.69) is 5.32 Å². The third-order valence-electron chi connectivity index (χ3n) is 9.99. The quantitative estimate of drug-likeness (QED) is 0.0826. The summed E-state index contributed by atoms with van der Waals surface area (Å²) in [5.41, 5.74) is -0.568. The van der Waals surface area contributed by atoms with Crippen molar-refractivity contribution < 1.29 is 94.9 Å². The Kier molecular flexibility index (Phi) is 14.8. The number of carboxylic acids is 1. The predicted molar refractivity (Wildman–Crippen MR) is 179 cm³/mol. The molecule has 0 amide bonds. The fraction of sp³-hybridized carbons (Fsp3) is 0.727. The van der Waals surface area contributed by atoms with Crippen molar-refractivity contribution in [3.8, 4) is 0 Å². The van der Waals surface area contributed by atoms with Gasteiger partial charge >= 0.3 is 5.97 Å². The fourth-order valence-electron chi connectivity index (χ4n) is 6.89. The first-order valence-electron chi connectivity index (χ1n) is 17.3. The van der Waals surface area contributed by atoms with Gasteiger partial charge in [0, 0.05) is 4.90 Å². The molecule has 5 rings (SSSR count). The summed E-state index contributed by atoms with van der Waals surface area (Å²) < 4.78 is 28.7. The van der Waals surface area contributed by atoms with Gasteiger partial charge in [-0.05, 0) is 30.2 Å². The molecule has 3 heterocycles. The standard InChI is InChI=1S/C33H49NO19S/c1-11-19(34-15-7-13(8-35)20(40)23(43)21(15)41)22(42)26(46)31(49-11)52-29-16(9-36)50-32(27(47)24(29)44)53-30-17(10-37)51-33(28(48)25(30)45)54-14-4-2-12(3-5-14)6-18(38)39/h2-5,7,11,15-17,19-37,40-48H,6,8-10H2,1H3,(H,38,39). The number of benzene rings is 1. The van der Waals surface area contributed by atoms with Crippen LogP contribution in [0.3, 0.4) is 0 Å². The number of aliphatic carboxylic acids is 1. The van der Waals surface area contributed by atoms with Gasteiger partial charge < -0.3 is 95.4 Å². The first kappa shape index (κ1) is 43.2. The van der Waals surface area contributed by atoms with Crippen LogP contribution in [0.4, 0.5) is 0 Å². The summed E-state index contributed by atoms with van der Waals surface area (Å²) in [5, 5.41) is 138. The van der Waals surface area contributed by atoms with E-state index < -0.39 is 141 Å². The summed E-state index contributed by atoms with van der Waals surface area (Å²) in [5.74, 6) is -1.01. The van der Waals surface area contributed by atoms with Crippen LogP contribution in [0.15, 0.2) is 40.8 Å². The lowest BCUT2D eigenvalue weighted by Crippen LogP contribution is -2.68. The molecule has 19 atom stereocenters. The lowest BCUT2D eigenvalue weighted by molar-refractivity contribution is -0.366. The second kappa shape index (κ2) is 18.5. The Hall–Kier alpha value is -1.94. The van der Waals surface area contributed by atoms with Crippen LogP contribution >= 0.6 is 11.8 Å². The molecule has 4 aliphatic rings. The topological polar surface area (TPSA) is 338 Å². The molecular weight excluding hydrogens is 746 g/mol. The monoisotopic (exact) mass is 795 g/mol. The minimum absolute atomic E-state index is 0.0171. The van der Waals surface area contributed by atoms with Crippen molar-refractivity contribution in [3.05, 3.63) is 41.5 Å². The highest BCUT2D eigenvalue weighted by molar-refractivity contribution is 7.99. The summed E-state index contributed by atoms with van der Waals surface area (Å²) in [4.78, 5) is 11.5. The molecule has 0 radical (unpaired) electrons. The van der Waals surface area contributed by atoms with E-state index in [-0.39, 0.29) is 12.0 Å². The summed E-state index contributed by atoms with van der Waals surface area (Å²) in [6, 6.07) is 4.16. The number of hydrogen-bond donors (Lipinski definition) is 14. The number of aliphatic hydroxyl groups excluding tert-OH is 12. The first-order chi connectivity index (χ1) is 25.6. The zero-order valence-corrected chi connectivity index (χ0v) is 29.7. The number of aliphatic hydroxyl groups is 12. The van der Waals surface area contributed by atoms with Crippen molar-refractivity contribution >= 4 is 17.7 Å². The Morgan fingerprint density at radius 2 is 1.28 bits per heavy atom. The average molecular weight is 796 g/mol. The van der Waals surface area contributed by atoms with Crippen molar-refractivity contribution in [2.75, 3.05) is 19.8 Å². The normalized spacial score (nSPS) is 44.5. The van der Waals surface area contributed by atoms with E-state index in [0.717, 1.165) is 11.8 Å². The van der Waals surface area contributed by atoms with E-state index in [9.17, 15) is 66.1 Å². The second-order valence-corrected chi connectivity index (χ2v) is 14.9. The fourth-order valence-corrected chi connectivity index (χ4v) is 7.95. The van der Waals surface area contributed by atoms with Crippen molar-refractivity contribution in [2.24, 2.45) is 0 Å². The SMILES string of the molecule is CC1OC(OC2C(CO)OC(OC3C(CO)OC(Sc4ccc(CC(=O)O)cc4)C(O)C3O)C(O)C2O)C(O)C(O)C1NC1C=C(CO)C(O)C(O)C1O. The molecule has 3 fully saturated rings. The number of hydrogen-bond acceptors (Lipinski definition) is 20. The van der Waals surface area contributed by atoms with E-state index in [4.69, 9.17) is 28.8 Å². The summed E-state index contributed by atoms with van der Waals surface area (Å²) in [7, 11) is 0. The van der Waals surface area contributed by atoms with Crippen LogP contribution in [0, 0.1) is 0 Å². The minimum Gasteiger partial charge on any atom is -0.481 e. The number of rotatable bonds is 13. The van der Waals surface area contributed by atoms with Crippen LogP contribution in [0.2, 0.25) is 0 Å². The number of ether oxygens (including phenoxy) is 5. The van der Waals surface area contributed by atoms with Gasteiger partial charge in [-0.1, -0.05) is 30.0 Å². The maximum absolute atomic E-state index is 11.1. The van der Waals surface area contributed by atoms with Crippen LogP contribution in [-0.4, -0.2) is 208 Å². The van der Waals surface area contributed by atoms with Crippen molar-refractivity contribution in [1.29, 1.82) is 0 Å². The zero-order valence-electron chi connectivity index (χ0n) is 28.9. The van der Waals surface area contributed by atoms with Gasteiger partial charge in [-0.2, -0.15) is 0 Å². The smallest absolute Gasteiger partial charge is 0.307 e. The summed E-state index contributed by atoms with van der Waals surface area (Å²) in [6.45, 7) is -0.713. The molecule has 54 heavy (non-hydrogen) atoms. The second-order valence-electron chi connectivity index (χ2n) is 13.7. The van der Waals surface area contributed by atoms with Crippen molar-refractivity contribution in [2.45, 2.75) is 134 Å². The first-order valence-corrected chi connectivity index (χ1v) is 18.1. The molecule has 21 heteroatoms. The highest BCUT2D eigenvalue weighted by Crippen LogP contribution is 2.37. The Morgan fingerprint density at radius 1 is 0.722 bits per heavy atom. The molecule has 0 bridgehead atoms. The minimum atomic E-state index is -1.95. The van der Waals surface area contributed by atoms with Crippen molar-refractivity contribution in [1.82, 2.24) is 5.32 Å². The highest BCUT2D eigenvalue weighted by atomic mass is 32.2. The molecule has 0 spiro atoms. The molecule has 1 aromatic rings. The summed E-state index contributed by atoms with van der Waals surface area (Å²) in [6.07, 6.45) is -24.7. The Morgan fingerprint density at radius 3 is 1.85 bits per heavy atom. The Balaban J connectivity index is 1.21. The number of thioether (sulfide) groups is 1. The van der Waals surface area contributed by atoms with Crippen molar-refractivity contribution in [3.63, 3.8) is 0 Å². The van der Waals surface area contributed by atoms with Crippen LogP contribution in [-0.2, 0) is 34.9 Å². The van der Waals surface area contributed by atoms with Gasteiger partial charge in [0.2, 0.25) is 0 Å². The largest absolute Gasteiger partial charge is 0.481 e. The Labute approximate surface area is 312 Å². The van der Waals surface area contributed by atoms with Crippen LogP contribution < -0.4 is 5.32 Å². The van der Waals surface area contributed by atoms with Gasteiger partial charge in [-0.25, -0.2) is 0 Å². The molecule has 1 aromatic carbocycles. The van der Waals surface area contributed by atoms with E-state index in [0.29, 0.717) is 10.5 Å². The van der Waals surface area contributed by atoms with Gasteiger partial charge in [-0.3, -0.25) is 4.79 Å². The van der Waals surface area contributed by atoms with Gasteiger partial charge in [0.25, 0.3) is 0 Å². The number of nitrogens with one attached hydrogen (secondary N) is 1. The molecule has 14 N–H and O–H groups in total. The molecule has 0 saturated carbocycles. The van der Waals surface area contributed by atoms with E-state index in [1.807, 2.05) is 0 Å².